The summed E-state index contributed by atoms with van der Waals surface area (Å²) in [5.41, 5.74) is 0.985. The molecule has 0 radical (unpaired) electrons. The molecule has 0 aromatic rings. The van der Waals surface area contributed by atoms with Crippen LogP contribution in [0.3, 0.4) is 0 Å². The lowest BCUT2D eigenvalue weighted by Gasteiger charge is -2.10. The van der Waals surface area contributed by atoms with Crippen molar-refractivity contribution in [2.24, 2.45) is 5.92 Å². The largest absolute Gasteiger partial charge is 0.119 e. The second kappa shape index (κ2) is 7.10. The van der Waals surface area contributed by atoms with Crippen molar-refractivity contribution in [2.75, 3.05) is 6.16 Å². The highest BCUT2D eigenvalue weighted by Crippen LogP contribution is 2.24. The summed E-state index contributed by atoms with van der Waals surface area (Å²) in [5.74, 6) is 0.899. The van der Waals surface area contributed by atoms with Crippen LogP contribution in [0.5, 0.6) is 0 Å². The lowest BCUT2D eigenvalue weighted by Crippen LogP contribution is -1.96. The van der Waals surface area contributed by atoms with Crippen molar-refractivity contribution in [3.8, 4) is 0 Å². The first-order valence-electron chi connectivity index (χ1n) is 4.90. The van der Waals surface area contributed by atoms with E-state index in [1.54, 1.807) is 0 Å². The van der Waals surface area contributed by atoms with Gasteiger partial charge >= 0.3 is 0 Å². The fourth-order valence-electron chi connectivity index (χ4n) is 1.15. The smallest absolute Gasteiger partial charge is 0.0265 e. The van der Waals surface area contributed by atoms with Crippen LogP contribution in [0.1, 0.15) is 47.0 Å². The van der Waals surface area contributed by atoms with Crippen LogP contribution in [0.25, 0.3) is 0 Å². The van der Waals surface area contributed by atoms with Gasteiger partial charge in [-0.3, -0.25) is 0 Å². The van der Waals surface area contributed by atoms with Crippen molar-refractivity contribution in [1.82, 2.24) is 0 Å². The van der Waals surface area contributed by atoms with Crippen LogP contribution in [0.15, 0.2) is 0 Å². The van der Waals surface area contributed by atoms with Gasteiger partial charge in [0, 0.05) is 0 Å². The fourth-order valence-corrected chi connectivity index (χ4v) is 2.88. The molecule has 0 heterocycles. The van der Waals surface area contributed by atoms with Gasteiger partial charge in [0.05, 0.1) is 0 Å². The summed E-state index contributed by atoms with van der Waals surface area (Å²) >= 11 is 0. The highest BCUT2D eigenvalue weighted by atomic mass is 31.1. The Morgan fingerprint density at radius 2 is 1.73 bits per heavy atom. The van der Waals surface area contributed by atoms with Crippen molar-refractivity contribution < 1.29 is 0 Å². The Hall–Kier alpha value is 0.430. The van der Waals surface area contributed by atoms with E-state index >= 15 is 0 Å². The van der Waals surface area contributed by atoms with Gasteiger partial charge in [0.2, 0.25) is 0 Å². The molecule has 0 N–H and O–H groups in total. The number of hydrogen-bond donors (Lipinski definition) is 0. The van der Waals surface area contributed by atoms with Crippen LogP contribution in [0.2, 0.25) is 0 Å². The Balaban J connectivity index is 3.10. The van der Waals surface area contributed by atoms with Gasteiger partial charge in [0.25, 0.3) is 0 Å². The summed E-state index contributed by atoms with van der Waals surface area (Å²) in [6, 6.07) is 0. The Kier molecular flexibility index (Phi) is 7.38. The van der Waals surface area contributed by atoms with E-state index in [2.05, 4.69) is 27.7 Å². The molecule has 1 heteroatoms. The number of hydrogen-bond acceptors (Lipinski definition) is 0. The van der Waals surface area contributed by atoms with E-state index in [9.17, 15) is 0 Å². The molecule has 0 saturated carbocycles. The third-order valence-electron chi connectivity index (χ3n) is 1.94. The van der Waals surface area contributed by atoms with Crippen LogP contribution in [0.4, 0.5) is 0 Å². The zero-order valence-corrected chi connectivity index (χ0v) is 9.48. The van der Waals surface area contributed by atoms with E-state index in [4.69, 9.17) is 0 Å². The molecule has 0 rings (SSSR count). The van der Waals surface area contributed by atoms with Gasteiger partial charge in [-0.25, -0.2) is 0 Å². The Labute approximate surface area is 73.9 Å². The molecule has 0 aromatic carbocycles. The van der Waals surface area contributed by atoms with Crippen molar-refractivity contribution in [1.29, 1.82) is 0 Å². The van der Waals surface area contributed by atoms with Crippen molar-refractivity contribution in [2.45, 2.75) is 52.6 Å². The van der Waals surface area contributed by atoms with E-state index in [1.165, 1.54) is 34.0 Å². The summed E-state index contributed by atoms with van der Waals surface area (Å²) in [6.45, 7) is 9.30. The second-order valence-corrected chi connectivity index (χ2v) is 5.72. The van der Waals surface area contributed by atoms with Crippen molar-refractivity contribution >= 4 is 8.58 Å². The molecule has 0 spiro atoms. The second-order valence-electron chi connectivity index (χ2n) is 3.83. The fraction of sp³-hybridized carbons (Fsp3) is 1.00. The molecule has 2 unspecified atom stereocenters. The Morgan fingerprint density at radius 3 is 2.18 bits per heavy atom. The van der Waals surface area contributed by atoms with Crippen LogP contribution in [-0.2, 0) is 0 Å². The molecule has 0 nitrogen and oxygen atoms in total. The zero-order chi connectivity index (χ0) is 8.69. The van der Waals surface area contributed by atoms with Gasteiger partial charge in [-0.1, -0.05) is 34.1 Å². The molecule has 0 fully saturated rings. The van der Waals surface area contributed by atoms with E-state index in [0.717, 1.165) is 11.6 Å². The highest BCUT2D eigenvalue weighted by Gasteiger charge is 2.00. The van der Waals surface area contributed by atoms with Gasteiger partial charge in [0.15, 0.2) is 0 Å². The minimum absolute atomic E-state index is 0.899. The van der Waals surface area contributed by atoms with Gasteiger partial charge in [0.1, 0.15) is 0 Å². The molecule has 2 atom stereocenters. The monoisotopic (exact) mass is 174 g/mol. The maximum Gasteiger partial charge on any atom is -0.0265 e. The zero-order valence-electron chi connectivity index (χ0n) is 8.48. The first-order chi connectivity index (χ1) is 5.16. The molecule has 0 aliphatic carbocycles. The average molecular weight is 174 g/mol. The molecule has 0 aliphatic rings. The lowest BCUT2D eigenvalue weighted by atomic mass is 10.2. The molecule has 0 bridgehead atoms. The molecular weight excluding hydrogens is 151 g/mol. The predicted octanol–water partition coefficient (Wildman–Crippen LogP) is 3.90. The molecular formula is C10H23P. The predicted molar refractivity (Wildman–Crippen MR) is 57.0 cm³/mol. The quantitative estimate of drug-likeness (QED) is 0.536. The molecule has 68 valence electrons. The summed E-state index contributed by atoms with van der Waals surface area (Å²) in [7, 11) is 1.21. The van der Waals surface area contributed by atoms with Gasteiger partial charge < -0.3 is 0 Å². The highest BCUT2D eigenvalue weighted by molar-refractivity contribution is 7.38. The lowest BCUT2D eigenvalue weighted by molar-refractivity contribution is 0.629. The van der Waals surface area contributed by atoms with Gasteiger partial charge in [-0.15, -0.1) is 8.58 Å². The topological polar surface area (TPSA) is 0 Å². The Bertz CT molecular complexity index is 78.9. The third kappa shape index (κ3) is 8.34. The van der Waals surface area contributed by atoms with E-state index in [1.807, 2.05) is 0 Å². The van der Waals surface area contributed by atoms with Crippen LogP contribution in [0, 0.1) is 5.92 Å². The van der Waals surface area contributed by atoms with Gasteiger partial charge in [-0.05, 0) is 30.6 Å². The normalized spacial score (nSPS) is 15.0. The van der Waals surface area contributed by atoms with Crippen molar-refractivity contribution in [3.05, 3.63) is 0 Å². The SMILES string of the molecule is CCCC(C)PCCC(C)C. The van der Waals surface area contributed by atoms with E-state index in [0.29, 0.717) is 0 Å². The summed E-state index contributed by atoms with van der Waals surface area (Å²) in [5, 5.41) is 0. The van der Waals surface area contributed by atoms with Crippen molar-refractivity contribution in [3.63, 3.8) is 0 Å². The first kappa shape index (κ1) is 11.4. The minimum atomic E-state index is 0.899. The van der Waals surface area contributed by atoms with E-state index < -0.39 is 0 Å². The Morgan fingerprint density at radius 1 is 1.09 bits per heavy atom. The molecule has 0 amide bonds. The minimum Gasteiger partial charge on any atom is -0.119 e. The molecule has 0 aromatic heterocycles. The van der Waals surface area contributed by atoms with Gasteiger partial charge in [-0.2, -0.15) is 0 Å². The summed E-state index contributed by atoms with van der Waals surface area (Å²) in [4.78, 5) is 0. The summed E-state index contributed by atoms with van der Waals surface area (Å²) < 4.78 is 0. The maximum atomic E-state index is 2.39. The maximum absolute atomic E-state index is 2.39. The van der Waals surface area contributed by atoms with Crippen LogP contribution < -0.4 is 0 Å². The molecule has 11 heavy (non-hydrogen) atoms. The average Bonchev–Trinajstić information content (AvgIpc) is 1.87. The molecule has 0 aliphatic heterocycles. The van der Waals surface area contributed by atoms with E-state index in [-0.39, 0.29) is 0 Å². The number of rotatable bonds is 6. The van der Waals surface area contributed by atoms with Crippen LogP contribution >= 0.6 is 8.58 Å². The first-order valence-corrected chi connectivity index (χ1v) is 6.18. The molecule has 0 saturated heterocycles. The summed E-state index contributed by atoms with van der Waals surface area (Å²) in [6.07, 6.45) is 5.66. The standard InChI is InChI=1S/C10H23P/c1-5-6-10(4)11-8-7-9(2)3/h9-11H,5-8H2,1-4H3. The third-order valence-corrected chi connectivity index (χ3v) is 3.50. The van der Waals surface area contributed by atoms with Crippen LogP contribution in [-0.4, -0.2) is 11.8 Å².